The molecule has 0 saturated carbocycles. The first-order chi connectivity index (χ1) is 14.8. The Balaban J connectivity index is 1.49. The summed E-state index contributed by atoms with van der Waals surface area (Å²) in [4.78, 5) is 41.8. The molecule has 2 aliphatic heterocycles. The molecule has 1 saturated heterocycles. The molecule has 0 bridgehead atoms. The summed E-state index contributed by atoms with van der Waals surface area (Å²) in [6, 6.07) is 8.15. The van der Waals surface area contributed by atoms with Crippen molar-refractivity contribution in [3.63, 3.8) is 0 Å². The molecule has 1 N–H and O–H groups in total. The van der Waals surface area contributed by atoms with Crippen LogP contribution < -0.4 is 14.8 Å². The minimum atomic E-state index is -1.30. The molecule has 2 aromatic rings. The highest BCUT2D eigenvalue weighted by atomic mass is 35.5. The number of nitrogens with one attached hydrogen (secondary N) is 1. The summed E-state index contributed by atoms with van der Waals surface area (Å²) in [5.41, 5.74) is -0.742. The summed E-state index contributed by atoms with van der Waals surface area (Å²) in [6.07, 6.45) is 0.762. The third-order valence-electron chi connectivity index (χ3n) is 5.34. The van der Waals surface area contributed by atoms with Gasteiger partial charge in [0.25, 0.3) is 5.91 Å². The molecule has 2 aliphatic rings. The topological polar surface area (TPSA) is 88.2 Å². The number of nitrogens with zero attached hydrogens (tertiary/aromatic N) is 2. The van der Waals surface area contributed by atoms with Crippen molar-refractivity contribution in [1.29, 1.82) is 0 Å². The molecule has 1 aromatic carbocycles. The number of carbonyl (C=O) groups is 3. The third-order valence-corrected chi connectivity index (χ3v) is 6.56. The number of imide groups is 1. The highest BCUT2D eigenvalue weighted by Gasteiger charge is 2.50. The fourth-order valence-electron chi connectivity index (χ4n) is 3.53. The van der Waals surface area contributed by atoms with Crippen LogP contribution in [0, 0.1) is 0 Å². The van der Waals surface area contributed by atoms with Gasteiger partial charge in [-0.05, 0) is 36.8 Å². The van der Waals surface area contributed by atoms with E-state index in [0.29, 0.717) is 41.2 Å². The van der Waals surface area contributed by atoms with Gasteiger partial charge in [-0.1, -0.05) is 17.7 Å². The summed E-state index contributed by atoms with van der Waals surface area (Å²) >= 11 is 7.31. The molecule has 3 heterocycles. The van der Waals surface area contributed by atoms with Crippen LogP contribution in [0.4, 0.5) is 4.79 Å². The second kappa shape index (κ2) is 8.39. The van der Waals surface area contributed by atoms with Crippen molar-refractivity contribution in [1.82, 2.24) is 15.1 Å². The summed E-state index contributed by atoms with van der Waals surface area (Å²) in [5.74, 6) is 0.287. The quantitative estimate of drug-likeness (QED) is 0.689. The average Bonchev–Trinajstić information content (AvgIpc) is 3.12. The zero-order valence-electron chi connectivity index (χ0n) is 17.1. The van der Waals surface area contributed by atoms with E-state index in [1.165, 1.54) is 16.2 Å². The molecule has 164 valence electrons. The molecule has 0 radical (unpaired) electrons. The predicted octanol–water partition coefficient (Wildman–Crippen LogP) is 2.99. The van der Waals surface area contributed by atoms with E-state index in [1.807, 2.05) is 6.07 Å². The van der Waals surface area contributed by atoms with Gasteiger partial charge in [-0.3, -0.25) is 14.5 Å². The lowest BCUT2D eigenvalue weighted by molar-refractivity contribution is -0.138. The fourth-order valence-corrected chi connectivity index (χ4v) is 4.67. The number of benzene rings is 1. The molecular weight excluding hydrogens is 442 g/mol. The molecule has 1 fully saturated rings. The maximum absolute atomic E-state index is 13.2. The van der Waals surface area contributed by atoms with Gasteiger partial charge in [0.1, 0.15) is 12.1 Å². The van der Waals surface area contributed by atoms with Crippen molar-refractivity contribution >= 4 is 40.8 Å². The van der Waals surface area contributed by atoms with Crippen LogP contribution in [-0.2, 0) is 21.7 Å². The van der Waals surface area contributed by atoms with Gasteiger partial charge >= 0.3 is 6.03 Å². The van der Waals surface area contributed by atoms with Crippen LogP contribution in [0.1, 0.15) is 23.8 Å². The molecule has 1 unspecified atom stereocenters. The Morgan fingerprint density at radius 2 is 1.97 bits per heavy atom. The SMILES string of the molecule is CN(Cc1ccc(Cl)s1)C(=O)CN1C(=O)NC(C)(c2ccc3c(c2)OCCCO3)C1=O. The number of halogens is 1. The normalized spacial score (nSPS) is 20.4. The van der Waals surface area contributed by atoms with Gasteiger partial charge < -0.3 is 19.7 Å². The van der Waals surface area contributed by atoms with Gasteiger partial charge in [-0.25, -0.2) is 4.79 Å². The molecule has 10 heteroatoms. The van der Waals surface area contributed by atoms with E-state index >= 15 is 0 Å². The molecule has 0 aliphatic carbocycles. The van der Waals surface area contributed by atoms with E-state index < -0.39 is 17.5 Å². The molecule has 0 spiro atoms. The smallest absolute Gasteiger partial charge is 0.325 e. The van der Waals surface area contributed by atoms with E-state index in [1.54, 1.807) is 38.2 Å². The van der Waals surface area contributed by atoms with Crippen LogP contribution >= 0.6 is 22.9 Å². The summed E-state index contributed by atoms with van der Waals surface area (Å²) in [6.45, 7) is 2.68. The van der Waals surface area contributed by atoms with Gasteiger partial charge in [-0.2, -0.15) is 0 Å². The van der Waals surface area contributed by atoms with Gasteiger partial charge in [0.2, 0.25) is 5.91 Å². The summed E-state index contributed by atoms with van der Waals surface area (Å²) in [7, 11) is 1.62. The van der Waals surface area contributed by atoms with E-state index in [-0.39, 0.29) is 12.5 Å². The second-order valence-corrected chi connectivity index (χ2v) is 9.41. The molecule has 31 heavy (non-hydrogen) atoms. The first-order valence-corrected chi connectivity index (χ1v) is 11.0. The van der Waals surface area contributed by atoms with E-state index in [9.17, 15) is 14.4 Å². The lowest BCUT2D eigenvalue weighted by Crippen LogP contribution is -2.43. The van der Waals surface area contributed by atoms with Gasteiger partial charge in [0.15, 0.2) is 11.5 Å². The maximum atomic E-state index is 13.2. The number of hydrogen-bond acceptors (Lipinski definition) is 6. The first-order valence-electron chi connectivity index (χ1n) is 9.80. The van der Waals surface area contributed by atoms with E-state index in [0.717, 1.165) is 16.2 Å². The average molecular weight is 464 g/mol. The molecule has 8 nitrogen and oxygen atoms in total. The number of amides is 4. The Morgan fingerprint density at radius 1 is 1.23 bits per heavy atom. The van der Waals surface area contributed by atoms with Crippen LogP contribution in [-0.4, -0.2) is 54.5 Å². The second-order valence-electron chi connectivity index (χ2n) is 7.61. The number of fused-ring (bicyclic) bond motifs is 1. The van der Waals surface area contributed by atoms with Crippen molar-refractivity contribution in [3.05, 3.63) is 45.1 Å². The zero-order chi connectivity index (χ0) is 22.2. The number of ether oxygens (including phenoxy) is 2. The highest BCUT2D eigenvalue weighted by molar-refractivity contribution is 7.16. The monoisotopic (exact) mass is 463 g/mol. The Morgan fingerprint density at radius 3 is 2.68 bits per heavy atom. The summed E-state index contributed by atoms with van der Waals surface area (Å²) < 4.78 is 12.0. The van der Waals surface area contributed by atoms with Crippen LogP contribution in [0.25, 0.3) is 0 Å². The number of rotatable bonds is 5. The standard InChI is InChI=1S/C21H22ClN3O5S/c1-21(13-4-6-15-16(10-13)30-9-3-8-29-15)19(27)25(20(28)23-21)12-18(26)24(2)11-14-5-7-17(22)31-14/h4-7,10H,3,8-9,11-12H2,1-2H3,(H,23,28). The van der Waals surface area contributed by atoms with Crippen molar-refractivity contribution < 1.29 is 23.9 Å². The van der Waals surface area contributed by atoms with Crippen molar-refractivity contribution in [2.45, 2.75) is 25.4 Å². The molecule has 1 atom stereocenters. The minimum Gasteiger partial charge on any atom is -0.490 e. The van der Waals surface area contributed by atoms with E-state index in [4.69, 9.17) is 21.1 Å². The molecule has 4 amide bonds. The minimum absolute atomic E-state index is 0.347. The lowest BCUT2D eigenvalue weighted by atomic mass is 9.91. The summed E-state index contributed by atoms with van der Waals surface area (Å²) in [5, 5.41) is 2.72. The number of hydrogen-bond donors (Lipinski definition) is 1. The maximum Gasteiger partial charge on any atom is 0.325 e. The van der Waals surface area contributed by atoms with Crippen molar-refractivity contribution in [3.8, 4) is 11.5 Å². The van der Waals surface area contributed by atoms with Crippen molar-refractivity contribution in [2.24, 2.45) is 0 Å². The van der Waals surface area contributed by atoms with Gasteiger partial charge in [0.05, 0.1) is 24.1 Å². The van der Waals surface area contributed by atoms with Crippen LogP contribution in [0.2, 0.25) is 4.34 Å². The fraction of sp³-hybridized carbons (Fsp3) is 0.381. The highest BCUT2D eigenvalue weighted by Crippen LogP contribution is 2.36. The molecule has 4 rings (SSSR count). The Hall–Kier alpha value is -2.78. The number of urea groups is 1. The van der Waals surface area contributed by atoms with Gasteiger partial charge in [0, 0.05) is 18.3 Å². The zero-order valence-corrected chi connectivity index (χ0v) is 18.7. The van der Waals surface area contributed by atoms with Crippen LogP contribution in [0.3, 0.4) is 0 Å². The number of thiophene rings is 1. The lowest BCUT2D eigenvalue weighted by Gasteiger charge is -2.24. The largest absolute Gasteiger partial charge is 0.490 e. The first kappa shape index (κ1) is 21.5. The Kier molecular flexibility index (Phi) is 5.81. The number of likely N-dealkylation sites (N-methyl/N-ethyl adjacent to an activating group) is 1. The molecule has 1 aromatic heterocycles. The van der Waals surface area contributed by atoms with Crippen LogP contribution in [0.5, 0.6) is 11.5 Å². The van der Waals surface area contributed by atoms with Crippen LogP contribution in [0.15, 0.2) is 30.3 Å². The van der Waals surface area contributed by atoms with Crippen molar-refractivity contribution in [2.75, 3.05) is 26.8 Å². The predicted molar refractivity (Wildman–Crippen MR) is 115 cm³/mol. The third kappa shape index (κ3) is 4.20. The Bertz CT molecular complexity index is 1040. The molecular formula is C21H22ClN3O5S. The van der Waals surface area contributed by atoms with E-state index in [2.05, 4.69) is 5.32 Å². The number of carbonyl (C=O) groups excluding carboxylic acids is 3. The Labute approximate surface area is 188 Å². The van der Waals surface area contributed by atoms with Gasteiger partial charge in [-0.15, -0.1) is 11.3 Å².